The second-order valence-corrected chi connectivity index (χ2v) is 12.3. The molecule has 0 aliphatic carbocycles. The molecular weight excluding hydrogens is 1010 g/mol. The first kappa shape index (κ1) is 60.9. The Morgan fingerprint density at radius 2 is 1.14 bits per heavy atom. The number of pyridine rings is 3. The number of nitrogens with one attached hydrogen (secondary N) is 1. The molecule has 0 radical (unpaired) electrons. The predicted octanol–water partition coefficient (Wildman–Crippen LogP) is 0.993. The molecule has 330 valence electrons. The van der Waals surface area contributed by atoms with Gasteiger partial charge in [-0.25, -0.2) is 24.3 Å². The summed E-state index contributed by atoms with van der Waals surface area (Å²) in [7, 11) is 0. The molecular formula is C36H31Cl3FFeK2N15O7. The number of aromatic amines is 1. The molecule has 9 aromatic rings. The third-order valence-electron chi connectivity index (χ3n) is 7.27. The Labute approximate surface area is 478 Å². The van der Waals surface area contributed by atoms with E-state index < -0.39 is 21.4 Å². The van der Waals surface area contributed by atoms with Crippen LogP contribution in [0.2, 0.25) is 15.1 Å². The first-order chi connectivity index (χ1) is 28.9. The van der Waals surface area contributed by atoms with Crippen LogP contribution in [-0.2, 0) is 26.8 Å². The number of hydrogen-bond donors (Lipinski definition) is 2. The Morgan fingerprint density at radius 1 is 0.692 bits per heavy atom. The van der Waals surface area contributed by atoms with Gasteiger partial charge in [-0.15, -0.1) is 15.3 Å². The van der Waals surface area contributed by atoms with Crippen LogP contribution in [0.3, 0.4) is 0 Å². The molecule has 0 atom stereocenters. The normalized spacial score (nSPS) is 9.37. The van der Waals surface area contributed by atoms with Gasteiger partial charge < -0.3 is 17.3 Å². The van der Waals surface area contributed by atoms with E-state index in [4.69, 9.17) is 50.6 Å². The minimum Gasteiger partial charge on any atom is -1.00 e. The van der Waals surface area contributed by atoms with Gasteiger partial charge in [-0.1, -0.05) is 60.1 Å². The van der Waals surface area contributed by atoms with Gasteiger partial charge in [0.25, 0.3) is 12.2 Å². The van der Waals surface area contributed by atoms with Gasteiger partial charge in [0, 0.05) is 62.9 Å². The van der Waals surface area contributed by atoms with Crippen molar-refractivity contribution in [3.8, 4) is 11.4 Å². The van der Waals surface area contributed by atoms with Crippen molar-refractivity contribution in [3.05, 3.63) is 151 Å². The summed E-state index contributed by atoms with van der Waals surface area (Å²) in [6, 6.07) is 23.5. The molecule has 0 saturated carbocycles. The van der Waals surface area contributed by atoms with Gasteiger partial charge >= 0.3 is 108 Å². The molecule has 0 unspecified atom stereocenters. The first-order valence-electron chi connectivity index (χ1n) is 16.2. The summed E-state index contributed by atoms with van der Waals surface area (Å²) in [6.07, 6.45) is 4.93. The number of anilines is 1. The minimum absolute atomic E-state index is 0. The van der Waals surface area contributed by atoms with Crippen LogP contribution in [0.5, 0.6) is 0 Å². The van der Waals surface area contributed by atoms with E-state index in [0.29, 0.717) is 43.9 Å². The van der Waals surface area contributed by atoms with E-state index in [1.54, 1.807) is 53.6 Å². The van der Waals surface area contributed by atoms with Gasteiger partial charge in [-0.3, -0.25) is 25.0 Å². The van der Waals surface area contributed by atoms with Gasteiger partial charge in [0.15, 0.2) is 0 Å². The van der Waals surface area contributed by atoms with Crippen molar-refractivity contribution in [2.45, 2.75) is 14.9 Å². The van der Waals surface area contributed by atoms with Crippen molar-refractivity contribution < 1.29 is 150 Å². The molecule has 65 heavy (non-hydrogen) atoms. The van der Waals surface area contributed by atoms with Crippen molar-refractivity contribution in [2.24, 2.45) is 0 Å². The zero-order valence-electron chi connectivity index (χ0n) is 33.1. The largest absolute Gasteiger partial charge is 1.00 e. The van der Waals surface area contributed by atoms with Crippen LogP contribution >= 0.6 is 34.8 Å². The molecule has 29 heteroatoms. The number of H-pyrrole nitrogens is 1. The maximum atomic E-state index is 12.6. The fourth-order valence-corrected chi connectivity index (χ4v) is 5.22. The standard InChI is InChI=1S/C11H6ClN5O2.C11H8ClN5.C6H3ClFNO2.C5H4N4.CH2O3.2CH4.Fe.2K.H/c12-7-3-4-8(17(18)19)10(6-7)16-9-2-1-5-13-11(9)14-15-16;12-7-3-4-8(13)10(6-7)17-9-2-1-5-14-11(9)15-16-17;7-4-1-2-6(9(10)11)5(8)3-4;1-2-4-5(6-3-1)8-9-7-4;2-1-4-3;;;;;;/h1-6H;1-6H,13H2;1-3H;1-3H,(H,6,7,8,9);1,3H;2*1H4;;;;/q;;;;;;;;2*+1;-1/p-1. The Morgan fingerprint density at radius 3 is 1.63 bits per heavy atom. The third kappa shape index (κ3) is 17.0. The Balaban J connectivity index is 0. The molecule has 0 amide bonds. The Hall–Kier alpha value is -4.07. The van der Waals surface area contributed by atoms with Crippen LogP contribution in [0.4, 0.5) is 21.5 Å². The maximum Gasteiger partial charge on any atom is 1.00 e. The number of nitrogen functional groups attached to an aromatic ring is 1. The summed E-state index contributed by atoms with van der Waals surface area (Å²) < 4.78 is 15.6. The number of benzene rings is 3. The number of nitrogens with zero attached hydrogens (tertiary/aromatic N) is 13. The van der Waals surface area contributed by atoms with Crippen molar-refractivity contribution in [2.75, 3.05) is 5.73 Å². The number of carbonyl (C=O) groups is 1. The van der Waals surface area contributed by atoms with Crippen LogP contribution in [0.1, 0.15) is 16.3 Å². The third-order valence-corrected chi connectivity index (χ3v) is 7.97. The van der Waals surface area contributed by atoms with E-state index in [0.717, 1.165) is 23.2 Å². The number of nitrogens with two attached hydrogens (primary N) is 1. The average molecular weight is 1050 g/mol. The number of nitro groups is 2. The van der Waals surface area contributed by atoms with Crippen LogP contribution in [0.25, 0.3) is 44.9 Å². The fraction of sp³-hybridized carbons (Fsp3) is 0.0556. The minimum atomic E-state index is -0.914. The van der Waals surface area contributed by atoms with Gasteiger partial charge in [-0.2, -0.15) is 14.7 Å². The predicted molar refractivity (Wildman–Crippen MR) is 226 cm³/mol. The second kappa shape index (κ2) is 30.3. The summed E-state index contributed by atoms with van der Waals surface area (Å²) >= 11 is 17.2. The van der Waals surface area contributed by atoms with E-state index >= 15 is 0 Å². The quantitative estimate of drug-likeness (QED) is 0.0607. The molecule has 0 spiro atoms. The SMILES string of the molecule is C.C.Nc1ccc(Cl)cc1-n1nnc2ncccc21.O=CO[O-].O=[N+]([O-])c1ccc(Cl)cc1-n1nnc2ncccc21.O=[N+]([O-])c1ccc(Cl)cc1F.[Fe].[H-].[K+].[K+].c1cnc2n[nH]nc2c1. The number of hydrogen-bond acceptors (Lipinski definition) is 17. The van der Waals surface area contributed by atoms with Gasteiger partial charge in [0.2, 0.25) is 22.8 Å². The molecule has 0 fully saturated rings. The van der Waals surface area contributed by atoms with Crippen LogP contribution < -0.4 is 114 Å². The Bertz CT molecular complexity index is 2920. The van der Waals surface area contributed by atoms with Crippen molar-refractivity contribution in [1.29, 1.82) is 0 Å². The molecule has 3 N–H and O–H groups in total. The molecule has 3 aromatic carbocycles. The van der Waals surface area contributed by atoms with Crippen molar-refractivity contribution in [1.82, 2.24) is 60.4 Å². The molecule has 0 bridgehead atoms. The number of nitro benzene ring substituents is 2. The van der Waals surface area contributed by atoms with E-state index in [9.17, 15) is 24.6 Å². The fourth-order valence-electron chi connectivity index (χ4n) is 4.73. The summed E-state index contributed by atoms with van der Waals surface area (Å²) in [5.74, 6) is -0.914. The van der Waals surface area contributed by atoms with Crippen LogP contribution in [0.15, 0.2) is 110 Å². The number of rotatable bonds is 5. The van der Waals surface area contributed by atoms with E-state index in [1.165, 1.54) is 28.9 Å². The van der Waals surface area contributed by atoms with Gasteiger partial charge in [-0.05, 0) is 78.9 Å². The topological polar surface area (TPSA) is 303 Å². The molecule has 0 aliphatic rings. The zero-order valence-corrected chi connectivity index (χ0v) is 41.7. The maximum absolute atomic E-state index is 12.6. The summed E-state index contributed by atoms with van der Waals surface area (Å²) in [5, 5.41) is 56.5. The van der Waals surface area contributed by atoms with Crippen molar-refractivity contribution >= 4 is 91.8 Å². The van der Waals surface area contributed by atoms with E-state index in [1.807, 2.05) is 24.3 Å². The summed E-state index contributed by atoms with van der Waals surface area (Å²) in [4.78, 5) is 43.1. The number of fused-ring (bicyclic) bond motifs is 3. The second-order valence-electron chi connectivity index (χ2n) is 11.0. The number of carbonyl (C=O) groups excluding carboxylic acids is 1. The molecule has 0 aliphatic heterocycles. The van der Waals surface area contributed by atoms with Crippen LogP contribution in [-0.4, -0.2) is 76.7 Å². The monoisotopic (exact) mass is 1040 g/mol. The molecule has 6 heterocycles. The van der Waals surface area contributed by atoms with E-state index in [2.05, 4.69) is 55.9 Å². The average Bonchev–Trinajstić information content (AvgIpc) is 4.01. The Kier molecular flexibility index (Phi) is 28.4. The number of aromatic nitrogens is 12. The number of halogens is 4. The molecule has 9 rings (SSSR count). The van der Waals surface area contributed by atoms with Crippen LogP contribution in [0, 0.1) is 26.0 Å². The smallest absolute Gasteiger partial charge is 1.00 e. The van der Waals surface area contributed by atoms with Crippen molar-refractivity contribution in [3.63, 3.8) is 0 Å². The molecule has 22 nitrogen and oxygen atoms in total. The molecule has 0 saturated heterocycles. The summed E-state index contributed by atoms with van der Waals surface area (Å²) in [5.41, 5.74) is 10.6. The summed E-state index contributed by atoms with van der Waals surface area (Å²) in [6.45, 7) is -0.181. The van der Waals surface area contributed by atoms with Gasteiger partial charge in [0.05, 0.1) is 21.2 Å². The van der Waals surface area contributed by atoms with E-state index in [-0.39, 0.29) is 159 Å². The van der Waals surface area contributed by atoms with Gasteiger partial charge in [0.1, 0.15) is 22.2 Å². The first-order valence-corrected chi connectivity index (χ1v) is 17.3. The zero-order chi connectivity index (χ0) is 43.2. The molecule has 6 aromatic heterocycles.